The van der Waals surface area contributed by atoms with Gasteiger partial charge in [0.2, 0.25) is 0 Å². The van der Waals surface area contributed by atoms with Crippen molar-refractivity contribution in [3.8, 4) is 5.75 Å². The quantitative estimate of drug-likeness (QED) is 0.317. The number of esters is 2. The SMILES string of the molecule is C=C/C(=C\C)OCC(C)Oc1cc(C(=O)OC(C)(C)C)cc(C(=O)OC(C)(C)C)c1. The molecule has 0 saturated carbocycles. The number of hydrogen-bond acceptors (Lipinski definition) is 6. The second kappa shape index (κ2) is 10.3. The molecule has 166 valence electrons. The molecule has 6 heteroatoms. The number of carbonyl (C=O) groups excluding carboxylic acids is 2. The van der Waals surface area contributed by atoms with Gasteiger partial charge in [0.05, 0.1) is 11.1 Å². The van der Waals surface area contributed by atoms with Crippen LogP contribution in [0.1, 0.15) is 76.1 Å². The van der Waals surface area contributed by atoms with Crippen LogP contribution in [0.5, 0.6) is 5.75 Å². The predicted octanol–water partition coefficient (Wildman–Crippen LogP) is 5.47. The highest BCUT2D eigenvalue weighted by Crippen LogP contribution is 2.23. The Morgan fingerprint density at radius 2 is 1.43 bits per heavy atom. The normalized spacial score (nSPS) is 13.3. The standard InChI is InChI=1S/C24H34O6/c1-10-19(11-2)27-15-16(3)28-20-13-17(21(25)29-23(4,5)6)12-18(14-20)22(26)30-24(7,8)9/h10-14,16H,1,15H2,2-9H3/b19-11+. The van der Waals surface area contributed by atoms with E-state index in [2.05, 4.69) is 6.58 Å². The number of ether oxygens (including phenoxy) is 4. The van der Waals surface area contributed by atoms with Crippen molar-refractivity contribution in [1.29, 1.82) is 0 Å². The van der Waals surface area contributed by atoms with E-state index in [9.17, 15) is 9.59 Å². The Bertz CT molecular complexity index is 747. The molecule has 1 aromatic carbocycles. The van der Waals surface area contributed by atoms with Crippen LogP contribution >= 0.6 is 0 Å². The molecule has 1 aromatic rings. The Kier molecular flexibility index (Phi) is 8.70. The van der Waals surface area contributed by atoms with E-state index >= 15 is 0 Å². The molecule has 30 heavy (non-hydrogen) atoms. The van der Waals surface area contributed by atoms with Gasteiger partial charge in [-0.3, -0.25) is 0 Å². The Balaban J connectivity index is 3.15. The van der Waals surface area contributed by atoms with Crippen molar-refractivity contribution in [3.05, 3.63) is 53.8 Å². The van der Waals surface area contributed by atoms with E-state index in [0.29, 0.717) is 11.5 Å². The first-order valence-electron chi connectivity index (χ1n) is 9.94. The van der Waals surface area contributed by atoms with Crippen LogP contribution < -0.4 is 4.74 Å². The Morgan fingerprint density at radius 3 is 1.80 bits per heavy atom. The second-order valence-electron chi connectivity index (χ2n) is 8.88. The van der Waals surface area contributed by atoms with Gasteiger partial charge in [0.1, 0.15) is 35.4 Å². The molecule has 0 N–H and O–H groups in total. The van der Waals surface area contributed by atoms with Crippen LogP contribution in [0.25, 0.3) is 0 Å². The summed E-state index contributed by atoms with van der Waals surface area (Å²) in [6, 6.07) is 4.54. The Morgan fingerprint density at radius 1 is 0.967 bits per heavy atom. The molecule has 0 spiro atoms. The van der Waals surface area contributed by atoms with Crippen LogP contribution in [0.4, 0.5) is 0 Å². The smallest absolute Gasteiger partial charge is 0.338 e. The molecule has 0 fully saturated rings. The fourth-order valence-electron chi connectivity index (χ4n) is 2.32. The largest absolute Gasteiger partial charge is 0.490 e. The van der Waals surface area contributed by atoms with Gasteiger partial charge in [-0.2, -0.15) is 0 Å². The molecular formula is C24H34O6. The third-order valence-corrected chi connectivity index (χ3v) is 3.48. The minimum atomic E-state index is -0.672. The lowest BCUT2D eigenvalue weighted by molar-refractivity contribution is 0.00676. The fraction of sp³-hybridized carbons (Fsp3) is 0.500. The molecule has 6 nitrogen and oxygen atoms in total. The average Bonchev–Trinajstić information content (AvgIpc) is 2.59. The molecule has 0 saturated heterocycles. The van der Waals surface area contributed by atoms with Crippen molar-refractivity contribution < 1.29 is 28.5 Å². The minimum absolute atomic E-state index is 0.205. The van der Waals surface area contributed by atoms with Gasteiger partial charge in [-0.1, -0.05) is 6.58 Å². The summed E-state index contributed by atoms with van der Waals surface area (Å²) in [6.07, 6.45) is 3.06. The maximum atomic E-state index is 12.6. The molecule has 0 aliphatic carbocycles. The number of carbonyl (C=O) groups is 2. The third-order valence-electron chi connectivity index (χ3n) is 3.48. The zero-order valence-corrected chi connectivity index (χ0v) is 19.3. The summed E-state index contributed by atoms with van der Waals surface area (Å²) in [7, 11) is 0. The van der Waals surface area contributed by atoms with Crippen molar-refractivity contribution in [2.75, 3.05) is 6.61 Å². The zero-order chi connectivity index (χ0) is 23.1. The molecule has 0 amide bonds. The first-order chi connectivity index (χ1) is 13.7. The van der Waals surface area contributed by atoms with E-state index in [4.69, 9.17) is 18.9 Å². The van der Waals surface area contributed by atoms with Crippen molar-refractivity contribution in [3.63, 3.8) is 0 Å². The molecule has 0 aliphatic rings. The van der Waals surface area contributed by atoms with E-state index < -0.39 is 23.1 Å². The fourth-order valence-corrected chi connectivity index (χ4v) is 2.32. The Labute approximate surface area is 179 Å². The molecule has 0 bridgehead atoms. The summed E-state index contributed by atoms with van der Waals surface area (Å²) in [6.45, 7) is 18.3. The number of rotatable bonds is 8. The Hall–Kier alpha value is -2.76. The lowest BCUT2D eigenvalue weighted by atomic mass is 10.1. The summed E-state index contributed by atoms with van der Waals surface area (Å²) >= 11 is 0. The van der Waals surface area contributed by atoms with E-state index in [1.54, 1.807) is 65.8 Å². The molecule has 1 rings (SSSR count). The van der Waals surface area contributed by atoms with Crippen molar-refractivity contribution >= 4 is 11.9 Å². The van der Waals surface area contributed by atoms with E-state index in [-0.39, 0.29) is 23.8 Å². The van der Waals surface area contributed by atoms with Gasteiger partial charge in [-0.05, 0) is 85.7 Å². The molecule has 0 aromatic heterocycles. The summed E-state index contributed by atoms with van der Waals surface area (Å²) in [4.78, 5) is 25.2. The molecule has 0 radical (unpaired) electrons. The van der Waals surface area contributed by atoms with Gasteiger partial charge >= 0.3 is 11.9 Å². The maximum absolute atomic E-state index is 12.6. The molecular weight excluding hydrogens is 384 g/mol. The lowest BCUT2D eigenvalue weighted by Crippen LogP contribution is -2.26. The third kappa shape index (κ3) is 9.16. The molecule has 0 heterocycles. The van der Waals surface area contributed by atoms with Crippen LogP contribution in [-0.2, 0) is 14.2 Å². The van der Waals surface area contributed by atoms with Gasteiger partial charge in [-0.15, -0.1) is 0 Å². The molecule has 1 unspecified atom stereocenters. The average molecular weight is 419 g/mol. The maximum Gasteiger partial charge on any atom is 0.338 e. The monoisotopic (exact) mass is 418 g/mol. The summed E-state index contributed by atoms with van der Waals surface area (Å²) in [5.74, 6) is -0.118. The van der Waals surface area contributed by atoms with E-state index in [0.717, 1.165) is 0 Å². The van der Waals surface area contributed by atoms with Crippen LogP contribution in [0.15, 0.2) is 42.7 Å². The summed E-state index contributed by atoms with van der Waals surface area (Å²) < 4.78 is 22.4. The zero-order valence-electron chi connectivity index (χ0n) is 19.3. The van der Waals surface area contributed by atoms with Gasteiger partial charge in [0.15, 0.2) is 0 Å². The van der Waals surface area contributed by atoms with Gasteiger partial charge in [-0.25, -0.2) is 9.59 Å². The van der Waals surface area contributed by atoms with Gasteiger partial charge in [0, 0.05) is 0 Å². The number of benzene rings is 1. The summed E-state index contributed by atoms with van der Waals surface area (Å²) in [5, 5.41) is 0. The number of hydrogen-bond donors (Lipinski definition) is 0. The summed E-state index contributed by atoms with van der Waals surface area (Å²) in [5.41, 5.74) is -0.933. The molecule has 0 aliphatic heterocycles. The van der Waals surface area contributed by atoms with Crippen LogP contribution in [-0.4, -0.2) is 35.9 Å². The first-order valence-corrected chi connectivity index (χ1v) is 9.94. The topological polar surface area (TPSA) is 71.1 Å². The minimum Gasteiger partial charge on any atom is -0.490 e. The van der Waals surface area contributed by atoms with Crippen molar-refractivity contribution in [2.45, 2.75) is 72.7 Å². The highest BCUT2D eigenvalue weighted by Gasteiger charge is 2.23. The van der Waals surface area contributed by atoms with E-state index in [1.165, 1.54) is 6.07 Å². The first kappa shape index (κ1) is 25.3. The highest BCUT2D eigenvalue weighted by atomic mass is 16.6. The van der Waals surface area contributed by atoms with E-state index in [1.807, 2.05) is 13.8 Å². The van der Waals surface area contributed by atoms with Crippen molar-refractivity contribution in [2.24, 2.45) is 0 Å². The number of allylic oxidation sites excluding steroid dienone is 2. The van der Waals surface area contributed by atoms with Gasteiger partial charge < -0.3 is 18.9 Å². The van der Waals surface area contributed by atoms with Gasteiger partial charge in [0.25, 0.3) is 0 Å². The second-order valence-corrected chi connectivity index (χ2v) is 8.88. The van der Waals surface area contributed by atoms with Crippen LogP contribution in [0, 0.1) is 0 Å². The van der Waals surface area contributed by atoms with Crippen LogP contribution in [0.2, 0.25) is 0 Å². The highest BCUT2D eigenvalue weighted by molar-refractivity contribution is 5.96. The predicted molar refractivity (Wildman–Crippen MR) is 117 cm³/mol. The van der Waals surface area contributed by atoms with Crippen LogP contribution in [0.3, 0.4) is 0 Å². The lowest BCUT2D eigenvalue weighted by Gasteiger charge is -2.22. The molecule has 1 atom stereocenters. The van der Waals surface area contributed by atoms with Crippen molar-refractivity contribution in [1.82, 2.24) is 0 Å².